The second kappa shape index (κ2) is 6.48. The third kappa shape index (κ3) is 2.94. The van der Waals surface area contributed by atoms with E-state index in [1.165, 1.54) is 29.4 Å². The predicted octanol–water partition coefficient (Wildman–Crippen LogP) is 3.43. The van der Waals surface area contributed by atoms with Crippen LogP contribution in [0.15, 0.2) is 71.3 Å². The van der Waals surface area contributed by atoms with E-state index in [-0.39, 0.29) is 18.1 Å². The highest BCUT2D eigenvalue weighted by Gasteiger charge is 2.51. The molecule has 0 radical (unpaired) electrons. The Bertz CT molecular complexity index is 997. The van der Waals surface area contributed by atoms with Gasteiger partial charge in [0.2, 0.25) is 5.78 Å². The molecule has 1 N–H and O–H groups in total. The molecule has 1 aliphatic heterocycles. The van der Waals surface area contributed by atoms with Crippen LogP contribution in [0, 0.1) is 5.82 Å². The lowest BCUT2D eigenvalue weighted by Gasteiger charge is -2.22. The minimum Gasteiger partial charge on any atom is -0.461 e. The number of aliphatic hydroxyl groups is 1. The highest BCUT2D eigenvalue weighted by atomic mass is 19.1. The van der Waals surface area contributed by atoms with Gasteiger partial charge in [-0.2, -0.15) is 0 Å². The van der Waals surface area contributed by atoms with Crippen molar-refractivity contribution in [3.05, 3.63) is 89.6 Å². The molecule has 1 atom stereocenters. The van der Waals surface area contributed by atoms with Gasteiger partial charge in [-0.25, -0.2) is 4.39 Å². The lowest BCUT2D eigenvalue weighted by molar-refractivity contribution is -0.136. The Morgan fingerprint density at radius 3 is 2.52 bits per heavy atom. The topological polar surface area (TPSA) is 70.8 Å². The van der Waals surface area contributed by atoms with Crippen molar-refractivity contribution in [1.29, 1.82) is 0 Å². The van der Waals surface area contributed by atoms with Crippen LogP contribution in [-0.4, -0.2) is 16.8 Å². The van der Waals surface area contributed by atoms with Crippen LogP contribution in [0.1, 0.15) is 28.1 Å². The fourth-order valence-corrected chi connectivity index (χ4v) is 3.36. The van der Waals surface area contributed by atoms with Crippen molar-refractivity contribution in [3.8, 4) is 0 Å². The van der Waals surface area contributed by atoms with Crippen LogP contribution in [0.2, 0.25) is 0 Å². The van der Waals surface area contributed by atoms with Gasteiger partial charge in [0.1, 0.15) is 5.82 Å². The fraction of sp³-hybridized carbons (Fsp3) is 0.143. The first kappa shape index (κ1) is 17.2. The minimum absolute atomic E-state index is 0.0886. The number of carbonyl (C=O) groups is 2. The van der Waals surface area contributed by atoms with Crippen molar-refractivity contribution in [3.63, 3.8) is 0 Å². The Hall–Kier alpha value is -3.25. The summed E-state index contributed by atoms with van der Waals surface area (Å²) in [6.07, 6.45) is 0.943. The predicted molar refractivity (Wildman–Crippen MR) is 95.6 cm³/mol. The third-order valence-electron chi connectivity index (χ3n) is 4.71. The fourth-order valence-electron chi connectivity index (χ4n) is 3.36. The highest BCUT2D eigenvalue weighted by molar-refractivity contribution is 6.10. The molecular weight excluding hydrogens is 349 g/mol. The Balaban J connectivity index is 1.68. The number of nitrogens with zero attached hydrogens (tertiary/aromatic N) is 1. The molecule has 2 aromatic carbocycles. The second-order valence-electron chi connectivity index (χ2n) is 6.47. The molecule has 2 heterocycles. The first-order valence-corrected chi connectivity index (χ1v) is 8.44. The van der Waals surface area contributed by atoms with Gasteiger partial charge < -0.3 is 14.4 Å². The molecule has 1 aliphatic rings. The lowest BCUT2D eigenvalue weighted by atomic mass is 9.89. The van der Waals surface area contributed by atoms with Crippen LogP contribution >= 0.6 is 0 Å². The summed E-state index contributed by atoms with van der Waals surface area (Å²) in [5, 5.41) is 11.2. The normalized spacial score (nSPS) is 18.6. The van der Waals surface area contributed by atoms with Crippen molar-refractivity contribution in [2.45, 2.75) is 18.6 Å². The van der Waals surface area contributed by atoms with E-state index in [4.69, 9.17) is 4.42 Å². The monoisotopic (exact) mass is 365 g/mol. The average Bonchev–Trinajstić information content (AvgIpc) is 3.27. The summed E-state index contributed by atoms with van der Waals surface area (Å²) in [5.74, 6) is -1.33. The van der Waals surface area contributed by atoms with E-state index in [0.717, 1.165) is 0 Å². The summed E-state index contributed by atoms with van der Waals surface area (Å²) < 4.78 is 18.2. The molecule has 4 rings (SSSR count). The molecule has 6 heteroatoms. The van der Waals surface area contributed by atoms with E-state index >= 15 is 0 Å². The standard InChI is InChI=1S/C21H16FNO4/c22-15-9-7-14(8-10-15)13-23-17-5-2-1-4-16(17)21(26,20(23)25)12-18(24)19-6-3-11-27-19/h1-11,26H,12-13H2. The van der Waals surface area contributed by atoms with E-state index < -0.39 is 23.7 Å². The van der Waals surface area contributed by atoms with Crippen molar-refractivity contribution in [2.24, 2.45) is 0 Å². The zero-order valence-electron chi connectivity index (χ0n) is 14.3. The molecule has 0 saturated carbocycles. The maximum atomic E-state index is 13.2. The average molecular weight is 365 g/mol. The van der Waals surface area contributed by atoms with Crippen LogP contribution in [0.25, 0.3) is 0 Å². The quantitative estimate of drug-likeness (QED) is 0.704. The van der Waals surface area contributed by atoms with Crippen molar-refractivity contribution < 1.29 is 23.5 Å². The Morgan fingerprint density at radius 1 is 1.07 bits per heavy atom. The molecule has 3 aromatic rings. The number of halogens is 1. The number of ketones is 1. The zero-order chi connectivity index (χ0) is 19.0. The van der Waals surface area contributed by atoms with Gasteiger partial charge in [0.25, 0.3) is 5.91 Å². The largest absolute Gasteiger partial charge is 0.461 e. The lowest BCUT2D eigenvalue weighted by Crippen LogP contribution is -2.41. The van der Waals surface area contributed by atoms with Gasteiger partial charge >= 0.3 is 0 Å². The zero-order valence-corrected chi connectivity index (χ0v) is 14.3. The van der Waals surface area contributed by atoms with E-state index in [1.54, 1.807) is 42.5 Å². The van der Waals surface area contributed by atoms with Crippen LogP contribution in [0.4, 0.5) is 10.1 Å². The molecule has 1 unspecified atom stereocenters. The number of furan rings is 1. The van der Waals surface area contributed by atoms with Gasteiger partial charge in [0, 0.05) is 5.56 Å². The number of rotatable bonds is 5. The number of hydrogen-bond acceptors (Lipinski definition) is 4. The summed E-state index contributed by atoms with van der Waals surface area (Å²) in [4.78, 5) is 27.0. The van der Waals surface area contributed by atoms with E-state index in [2.05, 4.69) is 0 Å². The minimum atomic E-state index is -1.97. The van der Waals surface area contributed by atoms with Crippen LogP contribution in [0.5, 0.6) is 0 Å². The van der Waals surface area contributed by atoms with Crippen molar-refractivity contribution >= 4 is 17.4 Å². The molecule has 0 spiro atoms. The highest BCUT2D eigenvalue weighted by Crippen LogP contribution is 2.43. The Morgan fingerprint density at radius 2 is 1.81 bits per heavy atom. The molecule has 5 nitrogen and oxygen atoms in total. The van der Waals surface area contributed by atoms with Crippen LogP contribution in [-0.2, 0) is 16.9 Å². The first-order chi connectivity index (χ1) is 13.0. The molecule has 136 valence electrons. The van der Waals surface area contributed by atoms with Crippen LogP contribution in [0.3, 0.4) is 0 Å². The van der Waals surface area contributed by atoms with Gasteiger partial charge in [-0.3, -0.25) is 9.59 Å². The third-order valence-corrected chi connectivity index (χ3v) is 4.71. The van der Waals surface area contributed by atoms with E-state index in [9.17, 15) is 19.1 Å². The smallest absolute Gasteiger partial charge is 0.264 e. The summed E-state index contributed by atoms with van der Waals surface area (Å²) >= 11 is 0. The molecule has 1 amide bonds. The SMILES string of the molecule is O=C(CC1(O)C(=O)N(Cc2ccc(F)cc2)c2ccccc21)c1ccco1. The molecule has 0 aliphatic carbocycles. The Kier molecular flexibility index (Phi) is 4.12. The number of carbonyl (C=O) groups excluding carboxylic acids is 2. The van der Waals surface area contributed by atoms with Crippen molar-refractivity contribution in [2.75, 3.05) is 4.90 Å². The molecule has 1 aromatic heterocycles. The number of Topliss-reactive ketones (excluding diaryl/α,β-unsaturated/α-hetero) is 1. The first-order valence-electron chi connectivity index (χ1n) is 8.44. The number of para-hydroxylation sites is 1. The summed E-state index contributed by atoms with van der Waals surface area (Å²) in [6.45, 7) is 0.160. The summed E-state index contributed by atoms with van der Waals surface area (Å²) in [6, 6.07) is 15.7. The van der Waals surface area contributed by atoms with Gasteiger partial charge in [-0.15, -0.1) is 0 Å². The van der Waals surface area contributed by atoms with Gasteiger partial charge in [-0.1, -0.05) is 30.3 Å². The summed E-state index contributed by atoms with van der Waals surface area (Å²) in [7, 11) is 0. The number of amides is 1. The number of benzene rings is 2. The maximum Gasteiger partial charge on any atom is 0.264 e. The van der Waals surface area contributed by atoms with Gasteiger partial charge in [0.05, 0.1) is 24.9 Å². The Labute approximate surface area is 154 Å². The van der Waals surface area contributed by atoms with Crippen LogP contribution < -0.4 is 4.90 Å². The van der Waals surface area contributed by atoms with E-state index in [1.807, 2.05) is 0 Å². The van der Waals surface area contributed by atoms with Crippen molar-refractivity contribution in [1.82, 2.24) is 0 Å². The van der Waals surface area contributed by atoms with Gasteiger partial charge in [0.15, 0.2) is 11.4 Å². The molecule has 0 bridgehead atoms. The summed E-state index contributed by atoms with van der Waals surface area (Å²) in [5.41, 5.74) is -0.361. The number of fused-ring (bicyclic) bond motifs is 1. The second-order valence-corrected chi connectivity index (χ2v) is 6.47. The maximum absolute atomic E-state index is 13.2. The molecular formula is C21H16FNO4. The number of anilines is 1. The molecule has 27 heavy (non-hydrogen) atoms. The van der Waals surface area contributed by atoms with Gasteiger partial charge in [-0.05, 0) is 35.9 Å². The van der Waals surface area contributed by atoms with E-state index in [0.29, 0.717) is 16.8 Å². The molecule has 0 saturated heterocycles. The number of hydrogen-bond donors (Lipinski definition) is 1. The molecule has 0 fully saturated rings.